The molecule has 5 heteroatoms. The number of hydrogen-bond acceptors (Lipinski definition) is 5. The fraction of sp³-hybridized carbons (Fsp3) is 0.800. The minimum absolute atomic E-state index is 0.0639. The summed E-state index contributed by atoms with van der Waals surface area (Å²) < 4.78 is 8.67. The molecule has 60 valence electrons. The average Bonchev–Trinajstić information content (AvgIpc) is 1.82. The fourth-order valence-electron chi connectivity index (χ4n) is 0.315. The smallest absolute Gasteiger partial charge is 0.432 e. The highest BCUT2D eigenvalue weighted by Gasteiger charge is 2.04. The van der Waals surface area contributed by atoms with Crippen LogP contribution in [-0.4, -0.2) is 30.7 Å². The molecule has 3 N–H and O–H groups in total. The van der Waals surface area contributed by atoms with Crippen molar-refractivity contribution in [3.8, 4) is 0 Å². The number of carbonyl (C=O) groups is 1. The predicted molar refractivity (Wildman–Crippen MR) is 33.2 cm³/mol. The molecule has 1 atom stereocenters. The van der Waals surface area contributed by atoms with E-state index in [4.69, 9.17) is 10.8 Å². The van der Waals surface area contributed by atoms with Crippen LogP contribution >= 0.6 is 0 Å². The monoisotopic (exact) mass is 149 g/mol. The van der Waals surface area contributed by atoms with Crippen molar-refractivity contribution in [1.29, 1.82) is 0 Å². The quantitative estimate of drug-likeness (QED) is 0.415. The molecule has 10 heavy (non-hydrogen) atoms. The molecule has 0 aromatic carbocycles. The van der Waals surface area contributed by atoms with Crippen LogP contribution in [0, 0.1) is 0 Å². The van der Waals surface area contributed by atoms with Gasteiger partial charge in [-0.1, -0.05) is 0 Å². The molecule has 0 aliphatic rings. The lowest BCUT2D eigenvalue weighted by atomic mass is 10.7. The van der Waals surface area contributed by atoms with E-state index in [1.165, 1.54) is 6.92 Å². The number of carbonyl (C=O) groups excluding carboxylic acids is 1. The molecule has 0 aliphatic carbocycles. The molecule has 0 aromatic rings. The second kappa shape index (κ2) is 5.01. The molecule has 0 fully saturated rings. The molecule has 0 heterocycles. The first-order valence-corrected chi connectivity index (χ1v) is 2.86. The minimum Gasteiger partial charge on any atom is -0.432 e. The van der Waals surface area contributed by atoms with Crippen molar-refractivity contribution < 1.29 is 19.4 Å². The third-order valence-corrected chi connectivity index (χ3v) is 0.593. The Morgan fingerprint density at radius 1 is 1.80 bits per heavy atom. The van der Waals surface area contributed by atoms with Crippen LogP contribution in [-0.2, 0) is 9.47 Å². The third kappa shape index (κ3) is 5.33. The number of hydrogen-bond donors (Lipinski definition) is 2. The maximum Gasteiger partial charge on any atom is 0.509 e. The zero-order valence-corrected chi connectivity index (χ0v) is 5.74. The Kier molecular flexibility index (Phi) is 4.61. The molecular weight excluding hydrogens is 138 g/mol. The van der Waals surface area contributed by atoms with Crippen molar-refractivity contribution in [2.75, 3.05) is 13.2 Å². The van der Waals surface area contributed by atoms with Crippen molar-refractivity contribution in [3.63, 3.8) is 0 Å². The van der Waals surface area contributed by atoms with E-state index in [1.807, 2.05) is 0 Å². The second-order valence-corrected chi connectivity index (χ2v) is 1.65. The molecule has 5 nitrogen and oxygen atoms in total. The van der Waals surface area contributed by atoms with Gasteiger partial charge in [-0.3, -0.25) is 5.73 Å². The summed E-state index contributed by atoms with van der Waals surface area (Å²) in [7, 11) is 0. The van der Waals surface area contributed by atoms with Gasteiger partial charge in [0.2, 0.25) is 0 Å². The lowest BCUT2D eigenvalue weighted by Gasteiger charge is -2.06. The van der Waals surface area contributed by atoms with Crippen LogP contribution in [0.1, 0.15) is 6.92 Å². The molecule has 0 aliphatic heterocycles. The van der Waals surface area contributed by atoms with E-state index in [2.05, 4.69) is 9.47 Å². The van der Waals surface area contributed by atoms with Gasteiger partial charge in [-0.05, 0) is 6.92 Å². The Balaban J connectivity index is 3.26. The largest absolute Gasteiger partial charge is 0.509 e. The zero-order valence-electron chi connectivity index (χ0n) is 5.74. The highest BCUT2D eigenvalue weighted by Crippen LogP contribution is 1.86. The molecule has 0 saturated heterocycles. The summed E-state index contributed by atoms with van der Waals surface area (Å²) in [6, 6.07) is 0. The number of ether oxygens (including phenoxy) is 2. The van der Waals surface area contributed by atoms with Crippen molar-refractivity contribution in [2.45, 2.75) is 13.2 Å². The van der Waals surface area contributed by atoms with Gasteiger partial charge in [0.15, 0.2) is 6.23 Å². The van der Waals surface area contributed by atoms with Crippen LogP contribution in [0.5, 0.6) is 0 Å². The Hall–Kier alpha value is -0.810. The molecule has 0 bridgehead atoms. The highest BCUT2D eigenvalue weighted by atomic mass is 16.7. The predicted octanol–water partition coefficient (Wildman–Crippen LogP) is -0.563. The SMILES string of the molecule is CC(N)OC(=O)OCCO. The number of aliphatic hydroxyl groups excluding tert-OH is 1. The van der Waals surface area contributed by atoms with E-state index in [-0.39, 0.29) is 13.2 Å². The highest BCUT2D eigenvalue weighted by molar-refractivity contribution is 5.59. The molecule has 0 saturated carbocycles. The van der Waals surface area contributed by atoms with Gasteiger partial charge in [0.05, 0.1) is 6.61 Å². The molecule has 0 amide bonds. The van der Waals surface area contributed by atoms with Crippen molar-refractivity contribution in [2.24, 2.45) is 5.73 Å². The van der Waals surface area contributed by atoms with Crippen LogP contribution in [0.2, 0.25) is 0 Å². The number of nitrogens with two attached hydrogens (primary N) is 1. The van der Waals surface area contributed by atoms with Gasteiger partial charge >= 0.3 is 6.16 Å². The van der Waals surface area contributed by atoms with E-state index in [0.717, 1.165) is 0 Å². The van der Waals surface area contributed by atoms with Gasteiger partial charge in [0, 0.05) is 0 Å². The van der Waals surface area contributed by atoms with Crippen LogP contribution in [0.3, 0.4) is 0 Å². The van der Waals surface area contributed by atoms with Gasteiger partial charge in [0.25, 0.3) is 0 Å². The lowest BCUT2D eigenvalue weighted by molar-refractivity contribution is 0.0223. The first-order chi connectivity index (χ1) is 4.66. The summed E-state index contributed by atoms with van der Waals surface area (Å²) in [6.45, 7) is 1.22. The maximum absolute atomic E-state index is 10.4. The summed E-state index contributed by atoms with van der Waals surface area (Å²) in [5.41, 5.74) is 5.08. The standard InChI is InChI=1S/C5H11NO4/c1-4(6)10-5(8)9-3-2-7/h4,7H,2-3,6H2,1H3. The fourth-order valence-corrected chi connectivity index (χ4v) is 0.315. The van der Waals surface area contributed by atoms with E-state index < -0.39 is 12.4 Å². The first kappa shape index (κ1) is 9.19. The Labute approximate surface area is 58.7 Å². The van der Waals surface area contributed by atoms with Crippen LogP contribution in [0.25, 0.3) is 0 Å². The lowest BCUT2D eigenvalue weighted by Crippen LogP contribution is -2.24. The summed E-state index contributed by atoms with van der Waals surface area (Å²) in [6.07, 6.45) is -1.53. The van der Waals surface area contributed by atoms with Gasteiger partial charge in [-0.2, -0.15) is 0 Å². The molecule has 0 rings (SSSR count). The first-order valence-electron chi connectivity index (χ1n) is 2.86. The van der Waals surface area contributed by atoms with Crippen molar-refractivity contribution in [3.05, 3.63) is 0 Å². The van der Waals surface area contributed by atoms with Gasteiger partial charge < -0.3 is 14.6 Å². The van der Waals surface area contributed by atoms with Crippen LogP contribution in [0.15, 0.2) is 0 Å². The van der Waals surface area contributed by atoms with E-state index >= 15 is 0 Å². The average molecular weight is 149 g/mol. The molecule has 0 spiro atoms. The normalized spacial score (nSPS) is 12.3. The third-order valence-electron chi connectivity index (χ3n) is 0.593. The van der Waals surface area contributed by atoms with E-state index in [9.17, 15) is 4.79 Å². The Morgan fingerprint density at radius 3 is 2.80 bits per heavy atom. The zero-order chi connectivity index (χ0) is 7.98. The minimum atomic E-state index is -0.857. The topological polar surface area (TPSA) is 81.8 Å². The summed E-state index contributed by atoms with van der Waals surface area (Å²) >= 11 is 0. The second-order valence-electron chi connectivity index (χ2n) is 1.65. The van der Waals surface area contributed by atoms with Crippen LogP contribution in [0.4, 0.5) is 4.79 Å². The summed E-state index contributed by atoms with van der Waals surface area (Å²) in [5.74, 6) is 0. The molecule has 0 radical (unpaired) electrons. The van der Waals surface area contributed by atoms with E-state index in [1.54, 1.807) is 0 Å². The van der Waals surface area contributed by atoms with Crippen molar-refractivity contribution in [1.82, 2.24) is 0 Å². The van der Waals surface area contributed by atoms with Crippen LogP contribution < -0.4 is 5.73 Å². The van der Waals surface area contributed by atoms with Gasteiger partial charge in [-0.15, -0.1) is 0 Å². The Morgan fingerprint density at radius 2 is 2.40 bits per heavy atom. The van der Waals surface area contributed by atoms with Crippen molar-refractivity contribution >= 4 is 6.16 Å². The van der Waals surface area contributed by atoms with E-state index in [0.29, 0.717) is 0 Å². The van der Waals surface area contributed by atoms with Gasteiger partial charge in [0.1, 0.15) is 6.61 Å². The number of rotatable bonds is 3. The summed E-state index contributed by atoms with van der Waals surface area (Å²) in [5, 5.41) is 8.19. The Bertz CT molecular complexity index is 104. The molecule has 1 unspecified atom stereocenters. The van der Waals surface area contributed by atoms with Gasteiger partial charge in [-0.25, -0.2) is 4.79 Å². The molecule has 0 aromatic heterocycles. The maximum atomic E-state index is 10.4. The summed E-state index contributed by atoms with van der Waals surface area (Å²) in [4.78, 5) is 10.4. The number of aliphatic hydroxyl groups is 1. The molecular formula is C5H11NO4.